The number of nitrogens with zero attached hydrogens (tertiary/aromatic N) is 1. The van der Waals surface area contributed by atoms with E-state index in [1.807, 2.05) is 6.07 Å². The molecule has 0 aliphatic heterocycles. The second-order valence-electron chi connectivity index (χ2n) is 5.38. The van der Waals surface area contributed by atoms with Crippen molar-refractivity contribution in [3.05, 3.63) is 29.0 Å². The molecule has 21 heavy (non-hydrogen) atoms. The standard InChI is InChI=1S/C17H29ClN2O/c1-5-10-20-16(17(6-2,7-3)21-8-4)12-14-9-11-19-13-15(14)18/h9,11,13,16,20H,5-8,10,12H2,1-4H3. The van der Waals surface area contributed by atoms with E-state index in [1.54, 1.807) is 12.4 Å². The SMILES string of the molecule is CCCNC(Cc1ccncc1Cl)C(CC)(CC)OCC. The van der Waals surface area contributed by atoms with Gasteiger partial charge in [-0.05, 0) is 50.8 Å². The molecule has 0 fully saturated rings. The molecule has 0 bridgehead atoms. The van der Waals surface area contributed by atoms with E-state index in [0.29, 0.717) is 0 Å². The Morgan fingerprint density at radius 1 is 1.29 bits per heavy atom. The largest absolute Gasteiger partial charge is 0.374 e. The third-order valence-electron chi connectivity index (χ3n) is 4.18. The van der Waals surface area contributed by atoms with Crippen molar-refractivity contribution in [3.63, 3.8) is 0 Å². The number of hydrogen-bond donors (Lipinski definition) is 1. The molecule has 0 saturated heterocycles. The summed E-state index contributed by atoms with van der Waals surface area (Å²) in [6.07, 6.45) is 7.47. The monoisotopic (exact) mass is 312 g/mol. The first kappa shape index (κ1) is 18.4. The average molecular weight is 313 g/mol. The van der Waals surface area contributed by atoms with Gasteiger partial charge in [-0.2, -0.15) is 0 Å². The second-order valence-corrected chi connectivity index (χ2v) is 5.79. The summed E-state index contributed by atoms with van der Waals surface area (Å²) in [4.78, 5) is 4.07. The van der Waals surface area contributed by atoms with Crippen LogP contribution in [0, 0.1) is 0 Å². The zero-order chi connectivity index (χ0) is 15.7. The maximum absolute atomic E-state index is 6.28. The Bertz CT molecular complexity index is 408. The maximum Gasteiger partial charge on any atom is 0.0832 e. The molecule has 1 aromatic rings. The van der Waals surface area contributed by atoms with Crippen LogP contribution in [0.3, 0.4) is 0 Å². The van der Waals surface area contributed by atoms with Gasteiger partial charge in [0.2, 0.25) is 0 Å². The van der Waals surface area contributed by atoms with Crippen LogP contribution in [-0.2, 0) is 11.2 Å². The van der Waals surface area contributed by atoms with Gasteiger partial charge in [-0.1, -0.05) is 32.4 Å². The topological polar surface area (TPSA) is 34.2 Å². The van der Waals surface area contributed by atoms with E-state index < -0.39 is 0 Å². The normalized spacial score (nSPS) is 13.4. The van der Waals surface area contributed by atoms with Crippen LogP contribution >= 0.6 is 11.6 Å². The first-order valence-electron chi connectivity index (χ1n) is 8.09. The smallest absolute Gasteiger partial charge is 0.0832 e. The summed E-state index contributed by atoms with van der Waals surface area (Å²) in [6.45, 7) is 10.4. The molecule has 1 N–H and O–H groups in total. The molecule has 0 amide bonds. The minimum absolute atomic E-state index is 0.142. The summed E-state index contributed by atoms with van der Waals surface area (Å²) in [5.74, 6) is 0. The average Bonchev–Trinajstić information content (AvgIpc) is 2.51. The summed E-state index contributed by atoms with van der Waals surface area (Å²) in [6, 6.07) is 2.26. The van der Waals surface area contributed by atoms with Crippen molar-refractivity contribution >= 4 is 11.6 Å². The van der Waals surface area contributed by atoms with Crippen molar-refractivity contribution in [2.24, 2.45) is 0 Å². The Balaban J connectivity index is 3.00. The highest BCUT2D eigenvalue weighted by Gasteiger charge is 2.36. The van der Waals surface area contributed by atoms with Gasteiger partial charge in [-0.25, -0.2) is 0 Å². The molecule has 0 spiro atoms. The van der Waals surface area contributed by atoms with E-state index in [4.69, 9.17) is 16.3 Å². The van der Waals surface area contributed by atoms with Gasteiger partial charge >= 0.3 is 0 Å². The maximum atomic E-state index is 6.28. The highest BCUT2D eigenvalue weighted by molar-refractivity contribution is 6.31. The fourth-order valence-electron chi connectivity index (χ4n) is 2.89. The van der Waals surface area contributed by atoms with Crippen LogP contribution in [0.1, 0.15) is 52.5 Å². The lowest BCUT2D eigenvalue weighted by Gasteiger charge is -2.40. The summed E-state index contributed by atoms with van der Waals surface area (Å²) in [7, 11) is 0. The highest BCUT2D eigenvalue weighted by Crippen LogP contribution is 2.29. The van der Waals surface area contributed by atoms with Crippen LogP contribution in [0.15, 0.2) is 18.5 Å². The molecule has 0 aliphatic rings. The Labute approximate surface area is 134 Å². The number of pyridine rings is 1. The number of rotatable bonds is 10. The molecule has 4 heteroatoms. The van der Waals surface area contributed by atoms with Gasteiger partial charge in [0.25, 0.3) is 0 Å². The van der Waals surface area contributed by atoms with E-state index in [0.717, 1.165) is 49.4 Å². The summed E-state index contributed by atoms with van der Waals surface area (Å²) in [5, 5.41) is 4.40. The number of aromatic nitrogens is 1. The molecular weight excluding hydrogens is 284 g/mol. The molecule has 1 unspecified atom stereocenters. The lowest BCUT2D eigenvalue weighted by molar-refractivity contribution is -0.0718. The first-order chi connectivity index (χ1) is 10.1. The van der Waals surface area contributed by atoms with Gasteiger partial charge in [0.15, 0.2) is 0 Å². The molecule has 1 atom stereocenters. The molecule has 0 radical (unpaired) electrons. The predicted molar refractivity (Wildman–Crippen MR) is 90.0 cm³/mol. The predicted octanol–water partition coefficient (Wildman–Crippen LogP) is 4.24. The van der Waals surface area contributed by atoms with Crippen molar-refractivity contribution in [3.8, 4) is 0 Å². The fraction of sp³-hybridized carbons (Fsp3) is 0.706. The molecule has 1 heterocycles. The highest BCUT2D eigenvalue weighted by atomic mass is 35.5. The number of halogens is 1. The third kappa shape index (κ3) is 4.94. The molecule has 1 rings (SSSR count). The van der Waals surface area contributed by atoms with Crippen LogP contribution in [0.5, 0.6) is 0 Å². The first-order valence-corrected chi connectivity index (χ1v) is 8.47. The Kier molecular flexibility index (Phi) is 8.23. The van der Waals surface area contributed by atoms with Crippen LogP contribution < -0.4 is 5.32 Å². The Morgan fingerprint density at radius 2 is 2.00 bits per heavy atom. The Morgan fingerprint density at radius 3 is 2.52 bits per heavy atom. The van der Waals surface area contributed by atoms with Gasteiger partial charge < -0.3 is 10.1 Å². The van der Waals surface area contributed by atoms with Gasteiger partial charge in [0.05, 0.1) is 10.6 Å². The second kappa shape index (κ2) is 9.39. The van der Waals surface area contributed by atoms with Gasteiger partial charge in [0.1, 0.15) is 0 Å². The number of ether oxygens (including phenoxy) is 1. The van der Waals surface area contributed by atoms with Gasteiger partial charge in [-0.15, -0.1) is 0 Å². The summed E-state index contributed by atoms with van der Waals surface area (Å²) >= 11 is 6.28. The van der Waals surface area contributed by atoms with Crippen molar-refractivity contribution < 1.29 is 4.74 Å². The lowest BCUT2D eigenvalue weighted by Crippen LogP contribution is -2.53. The van der Waals surface area contributed by atoms with Crippen LogP contribution in [0.4, 0.5) is 0 Å². The zero-order valence-corrected chi connectivity index (χ0v) is 14.5. The molecule has 0 aromatic carbocycles. The van der Waals surface area contributed by atoms with E-state index in [2.05, 4.69) is 38.0 Å². The molecular formula is C17H29ClN2O. The minimum atomic E-state index is -0.142. The number of nitrogens with one attached hydrogen (secondary N) is 1. The molecule has 0 aliphatic carbocycles. The molecule has 120 valence electrons. The van der Waals surface area contributed by atoms with E-state index >= 15 is 0 Å². The van der Waals surface area contributed by atoms with Crippen LogP contribution in [0.25, 0.3) is 0 Å². The van der Waals surface area contributed by atoms with Gasteiger partial charge in [0, 0.05) is 25.0 Å². The summed E-state index contributed by atoms with van der Waals surface area (Å²) in [5.41, 5.74) is 0.988. The zero-order valence-electron chi connectivity index (χ0n) is 13.8. The van der Waals surface area contributed by atoms with Gasteiger partial charge in [-0.3, -0.25) is 4.98 Å². The molecule has 3 nitrogen and oxygen atoms in total. The van der Waals surface area contributed by atoms with Crippen molar-refractivity contribution in [1.29, 1.82) is 0 Å². The van der Waals surface area contributed by atoms with E-state index in [9.17, 15) is 0 Å². The minimum Gasteiger partial charge on any atom is -0.374 e. The van der Waals surface area contributed by atoms with Crippen molar-refractivity contribution in [1.82, 2.24) is 10.3 Å². The van der Waals surface area contributed by atoms with E-state index in [1.165, 1.54) is 0 Å². The van der Waals surface area contributed by atoms with Crippen molar-refractivity contribution in [2.75, 3.05) is 13.2 Å². The third-order valence-corrected chi connectivity index (χ3v) is 4.53. The molecule has 0 saturated carbocycles. The fourth-order valence-corrected chi connectivity index (χ4v) is 3.08. The number of hydrogen-bond acceptors (Lipinski definition) is 3. The summed E-state index contributed by atoms with van der Waals surface area (Å²) < 4.78 is 6.18. The Hall–Kier alpha value is -0.640. The molecule has 1 aromatic heterocycles. The van der Waals surface area contributed by atoms with E-state index in [-0.39, 0.29) is 11.6 Å². The van der Waals surface area contributed by atoms with Crippen molar-refractivity contribution in [2.45, 2.75) is 65.0 Å². The van der Waals surface area contributed by atoms with Crippen LogP contribution in [-0.4, -0.2) is 29.8 Å². The quantitative estimate of drug-likeness (QED) is 0.701. The van der Waals surface area contributed by atoms with Crippen LogP contribution in [0.2, 0.25) is 5.02 Å². The lowest BCUT2D eigenvalue weighted by atomic mass is 9.84.